The third-order valence-electron chi connectivity index (χ3n) is 4.09. The Morgan fingerprint density at radius 3 is 2.30 bits per heavy atom. The van der Waals surface area contributed by atoms with Crippen LogP contribution in [0.4, 0.5) is 13.2 Å². The van der Waals surface area contributed by atoms with E-state index in [1.807, 2.05) is 0 Å². The van der Waals surface area contributed by atoms with Gasteiger partial charge in [-0.3, -0.25) is 14.5 Å². The Morgan fingerprint density at radius 2 is 1.70 bits per heavy atom. The number of benzene rings is 2. The first kappa shape index (κ1) is 19.0. The summed E-state index contributed by atoms with van der Waals surface area (Å²) in [4.78, 5) is 25.9. The molecule has 0 saturated heterocycles. The van der Waals surface area contributed by atoms with Gasteiger partial charge >= 0.3 is 6.18 Å². The number of alkyl halides is 3. The highest BCUT2D eigenvalue weighted by molar-refractivity contribution is 6.55. The van der Waals surface area contributed by atoms with Crippen molar-refractivity contribution in [3.8, 4) is 5.75 Å². The molecule has 3 rings (SSSR count). The molecule has 0 unspecified atom stereocenters. The Kier molecular flexibility index (Phi) is 4.97. The van der Waals surface area contributed by atoms with Crippen LogP contribution in [0.15, 0.2) is 53.6 Å². The fourth-order valence-electron chi connectivity index (χ4n) is 2.73. The van der Waals surface area contributed by atoms with E-state index < -0.39 is 23.6 Å². The Hall–Kier alpha value is -2.80. The van der Waals surface area contributed by atoms with Gasteiger partial charge in [0.05, 0.1) is 24.8 Å². The minimum absolute atomic E-state index is 0.0105. The summed E-state index contributed by atoms with van der Waals surface area (Å²) < 4.78 is 43.6. The third-order valence-corrected chi connectivity index (χ3v) is 4.44. The van der Waals surface area contributed by atoms with Crippen molar-refractivity contribution in [2.24, 2.45) is 0 Å². The monoisotopic (exact) mass is 395 g/mol. The molecule has 0 atom stereocenters. The fraction of sp³-hybridized carbons (Fsp3) is 0.158. The summed E-state index contributed by atoms with van der Waals surface area (Å²) in [6, 6.07) is 10.8. The molecule has 4 nitrogen and oxygen atoms in total. The number of ether oxygens (including phenoxy) is 1. The van der Waals surface area contributed by atoms with Crippen LogP contribution in [0.1, 0.15) is 16.7 Å². The van der Waals surface area contributed by atoms with Gasteiger partial charge in [-0.15, -0.1) is 0 Å². The van der Waals surface area contributed by atoms with Crippen LogP contribution in [0.25, 0.3) is 5.57 Å². The lowest BCUT2D eigenvalue weighted by Gasteiger charge is -2.16. The standard InChI is InChI=1S/C19H13ClF3NO3/c1-27-14-7-5-12(6-8-14)15-16(20)18(26)24(17(15)25)10-11-3-2-4-13(9-11)19(21,22)23/h2-9H,10H2,1H3. The minimum atomic E-state index is -4.51. The topological polar surface area (TPSA) is 46.6 Å². The van der Waals surface area contributed by atoms with Crippen molar-refractivity contribution >= 4 is 29.0 Å². The first-order chi connectivity index (χ1) is 12.7. The molecule has 1 heterocycles. The molecule has 2 aromatic rings. The smallest absolute Gasteiger partial charge is 0.416 e. The maximum absolute atomic E-state index is 12.9. The molecular formula is C19H13ClF3NO3. The van der Waals surface area contributed by atoms with E-state index in [0.29, 0.717) is 11.3 Å². The highest BCUT2D eigenvalue weighted by Crippen LogP contribution is 2.34. The van der Waals surface area contributed by atoms with E-state index in [9.17, 15) is 22.8 Å². The average Bonchev–Trinajstić information content (AvgIpc) is 2.85. The number of halogens is 4. The summed E-state index contributed by atoms with van der Waals surface area (Å²) in [5.41, 5.74) is -0.248. The second-order valence-electron chi connectivity index (χ2n) is 5.81. The van der Waals surface area contributed by atoms with E-state index in [2.05, 4.69) is 0 Å². The number of rotatable bonds is 4. The fourth-order valence-corrected chi connectivity index (χ4v) is 3.02. The van der Waals surface area contributed by atoms with Crippen LogP contribution in [-0.4, -0.2) is 23.8 Å². The summed E-state index contributed by atoms with van der Waals surface area (Å²) in [5.74, 6) is -0.842. The summed E-state index contributed by atoms with van der Waals surface area (Å²) >= 11 is 6.05. The largest absolute Gasteiger partial charge is 0.497 e. The quantitative estimate of drug-likeness (QED) is 0.728. The predicted octanol–water partition coefficient (Wildman–Crippen LogP) is 4.23. The molecule has 0 bridgehead atoms. The molecule has 0 aliphatic carbocycles. The van der Waals surface area contributed by atoms with Crippen LogP contribution in [-0.2, 0) is 22.3 Å². The minimum Gasteiger partial charge on any atom is -0.497 e. The zero-order valence-electron chi connectivity index (χ0n) is 14.0. The van der Waals surface area contributed by atoms with Gasteiger partial charge in [-0.25, -0.2) is 0 Å². The Bertz CT molecular complexity index is 936. The predicted molar refractivity (Wildman–Crippen MR) is 92.8 cm³/mol. The second kappa shape index (κ2) is 7.08. The lowest BCUT2D eigenvalue weighted by molar-refractivity contribution is -0.137. The van der Waals surface area contributed by atoms with Gasteiger partial charge in [0.2, 0.25) is 0 Å². The van der Waals surface area contributed by atoms with E-state index in [-0.39, 0.29) is 22.7 Å². The van der Waals surface area contributed by atoms with Gasteiger partial charge in [-0.2, -0.15) is 13.2 Å². The second-order valence-corrected chi connectivity index (χ2v) is 6.19. The van der Waals surface area contributed by atoms with Crippen molar-refractivity contribution in [3.05, 3.63) is 70.3 Å². The van der Waals surface area contributed by atoms with Gasteiger partial charge in [-0.1, -0.05) is 35.9 Å². The SMILES string of the molecule is COc1ccc(C2=C(Cl)C(=O)N(Cc3cccc(C(F)(F)F)c3)C2=O)cc1. The van der Waals surface area contributed by atoms with E-state index >= 15 is 0 Å². The van der Waals surface area contributed by atoms with E-state index in [4.69, 9.17) is 16.3 Å². The number of carbonyl (C=O) groups excluding carboxylic acids is 2. The maximum atomic E-state index is 12.9. The van der Waals surface area contributed by atoms with Crippen molar-refractivity contribution in [1.29, 1.82) is 0 Å². The van der Waals surface area contributed by atoms with Gasteiger partial charge in [0.25, 0.3) is 11.8 Å². The number of carbonyl (C=O) groups is 2. The Morgan fingerprint density at radius 1 is 1.04 bits per heavy atom. The zero-order chi connectivity index (χ0) is 19.8. The van der Waals surface area contributed by atoms with E-state index in [1.54, 1.807) is 24.3 Å². The van der Waals surface area contributed by atoms with E-state index in [0.717, 1.165) is 17.0 Å². The molecule has 8 heteroatoms. The van der Waals surface area contributed by atoms with Crippen molar-refractivity contribution in [3.63, 3.8) is 0 Å². The van der Waals surface area contributed by atoms with Crippen molar-refractivity contribution < 1.29 is 27.5 Å². The molecule has 0 fully saturated rings. The van der Waals surface area contributed by atoms with Crippen LogP contribution in [0, 0.1) is 0 Å². The summed E-state index contributed by atoms with van der Waals surface area (Å²) in [6.45, 7) is -0.308. The molecule has 0 N–H and O–H groups in total. The number of hydrogen-bond donors (Lipinski definition) is 0. The molecule has 1 aliphatic heterocycles. The Balaban J connectivity index is 1.87. The normalized spacial score (nSPS) is 14.9. The highest BCUT2D eigenvalue weighted by Gasteiger charge is 2.38. The van der Waals surface area contributed by atoms with Gasteiger partial charge in [-0.05, 0) is 35.4 Å². The first-order valence-electron chi connectivity index (χ1n) is 7.79. The maximum Gasteiger partial charge on any atom is 0.416 e. The first-order valence-corrected chi connectivity index (χ1v) is 8.16. The van der Waals surface area contributed by atoms with Crippen molar-refractivity contribution in [1.82, 2.24) is 4.90 Å². The zero-order valence-corrected chi connectivity index (χ0v) is 14.8. The average molecular weight is 396 g/mol. The number of imide groups is 1. The number of hydrogen-bond acceptors (Lipinski definition) is 3. The van der Waals surface area contributed by atoms with Crippen LogP contribution >= 0.6 is 11.6 Å². The molecule has 0 saturated carbocycles. The van der Waals surface area contributed by atoms with Crippen LogP contribution in [0.5, 0.6) is 5.75 Å². The van der Waals surface area contributed by atoms with Crippen molar-refractivity contribution in [2.75, 3.05) is 7.11 Å². The summed E-state index contributed by atoms with van der Waals surface area (Å²) in [6.07, 6.45) is -4.51. The molecule has 0 aromatic heterocycles. The molecule has 0 spiro atoms. The van der Waals surface area contributed by atoms with Crippen molar-refractivity contribution in [2.45, 2.75) is 12.7 Å². The van der Waals surface area contributed by atoms with Gasteiger partial charge in [0.15, 0.2) is 0 Å². The van der Waals surface area contributed by atoms with E-state index in [1.165, 1.54) is 19.2 Å². The molecule has 2 aromatic carbocycles. The molecule has 1 aliphatic rings. The van der Waals surface area contributed by atoms with Crippen LogP contribution < -0.4 is 4.74 Å². The number of nitrogens with zero attached hydrogens (tertiary/aromatic N) is 1. The Labute approximate surface area is 157 Å². The number of methoxy groups -OCH3 is 1. The lowest BCUT2D eigenvalue weighted by Crippen LogP contribution is -2.30. The summed E-state index contributed by atoms with van der Waals surface area (Å²) in [7, 11) is 1.49. The van der Waals surface area contributed by atoms with Gasteiger partial charge in [0, 0.05) is 0 Å². The molecule has 2 amide bonds. The molecule has 140 valence electrons. The molecule has 0 radical (unpaired) electrons. The number of amides is 2. The molecular weight excluding hydrogens is 383 g/mol. The van der Waals surface area contributed by atoms with Crippen LogP contribution in [0.3, 0.4) is 0 Å². The van der Waals surface area contributed by atoms with Crippen LogP contribution in [0.2, 0.25) is 0 Å². The highest BCUT2D eigenvalue weighted by atomic mass is 35.5. The third kappa shape index (κ3) is 3.68. The molecule has 27 heavy (non-hydrogen) atoms. The van der Waals surface area contributed by atoms with Gasteiger partial charge < -0.3 is 4.74 Å². The van der Waals surface area contributed by atoms with Gasteiger partial charge in [0.1, 0.15) is 10.8 Å². The summed E-state index contributed by atoms with van der Waals surface area (Å²) in [5, 5.41) is -0.267. The lowest BCUT2D eigenvalue weighted by atomic mass is 10.1.